The summed E-state index contributed by atoms with van der Waals surface area (Å²) in [5, 5.41) is 3.48. The summed E-state index contributed by atoms with van der Waals surface area (Å²) in [6.07, 6.45) is -0.739. The molecule has 1 aromatic carbocycles. The third kappa shape index (κ3) is 2.06. The Morgan fingerprint density at radius 2 is 1.76 bits per heavy atom. The maximum absolute atomic E-state index is 12.4. The molecule has 1 saturated heterocycles. The van der Waals surface area contributed by atoms with E-state index in [1.165, 1.54) is 25.0 Å². The number of nitrogens with one attached hydrogen (secondary N) is 1. The lowest BCUT2D eigenvalue weighted by Crippen LogP contribution is -2.22. The highest BCUT2D eigenvalue weighted by atomic mass is 19.4. The molecule has 1 aliphatic carbocycles. The second kappa shape index (κ2) is 3.48. The van der Waals surface area contributed by atoms with Crippen molar-refractivity contribution in [2.75, 3.05) is 6.54 Å². The van der Waals surface area contributed by atoms with Crippen LogP contribution in [-0.2, 0) is 6.18 Å². The van der Waals surface area contributed by atoms with Gasteiger partial charge in [-0.15, -0.1) is 0 Å². The molecule has 1 aliphatic heterocycles. The first kappa shape index (κ1) is 11.1. The van der Waals surface area contributed by atoms with Gasteiger partial charge in [0.15, 0.2) is 0 Å². The van der Waals surface area contributed by atoms with Crippen LogP contribution in [0, 0.1) is 0 Å². The first-order valence-electron chi connectivity index (χ1n) is 5.91. The van der Waals surface area contributed by atoms with Crippen molar-refractivity contribution in [1.29, 1.82) is 0 Å². The minimum Gasteiger partial charge on any atom is -0.311 e. The van der Waals surface area contributed by atoms with Gasteiger partial charge in [-0.3, -0.25) is 0 Å². The van der Waals surface area contributed by atoms with E-state index in [2.05, 4.69) is 5.32 Å². The Hall–Kier alpha value is -1.03. The largest absolute Gasteiger partial charge is 0.416 e. The lowest BCUT2D eigenvalue weighted by atomic mass is 9.94. The van der Waals surface area contributed by atoms with Gasteiger partial charge in [-0.1, -0.05) is 12.1 Å². The van der Waals surface area contributed by atoms with Crippen molar-refractivity contribution in [1.82, 2.24) is 5.32 Å². The molecule has 1 N–H and O–H groups in total. The van der Waals surface area contributed by atoms with E-state index in [4.69, 9.17) is 0 Å². The molecule has 0 radical (unpaired) electrons. The van der Waals surface area contributed by atoms with Gasteiger partial charge in [-0.2, -0.15) is 13.2 Å². The van der Waals surface area contributed by atoms with Crippen molar-refractivity contribution < 1.29 is 13.2 Å². The van der Waals surface area contributed by atoms with Crippen molar-refractivity contribution >= 4 is 0 Å². The van der Waals surface area contributed by atoms with Gasteiger partial charge in [0, 0.05) is 12.1 Å². The van der Waals surface area contributed by atoms with Crippen LogP contribution in [0.15, 0.2) is 24.3 Å². The Labute approximate surface area is 98.0 Å². The van der Waals surface area contributed by atoms with Crippen LogP contribution in [0.4, 0.5) is 13.2 Å². The van der Waals surface area contributed by atoms with Crippen molar-refractivity contribution in [2.24, 2.45) is 0 Å². The molecule has 2 aliphatic rings. The standard InChI is InChI=1S/C13H14F3N/c14-13(15,16)11-3-1-9(2-4-11)10-7-12(5-6-12)17-8-10/h1-4,10,17H,5-8H2. The van der Waals surface area contributed by atoms with E-state index >= 15 is 0 Å². The lowest BCUT2D eigenvalue weighted by Gasteiger charge is -2.11. The lowest BCUT2D eigenvalue weighted by molar-refractivity contribution is -0.137. The van der Waals surface area contributed by atoms with Crippen molar-refractivity contribution in [3.05, 3.63) is 35.4 Å². The van der Waals surface area contributed by atoms with Crippen molar-refractivity contribution in [3.8, 4) is 0 Å². The molecule has 3 rings (SSSR count). The molecule has 1 heterocycles. The summed E-state index contributed by atoms with van der Waals surface area (Å²) in [7, 11) is 0. The molecule has 1 spiro atoms. The molecule has 1 unspecified atom stereocenters. The van der Waals surface area contributed by atoms with Crippen LogP contribution >= 0.6 is 0 Å². The summed E-state index contributed by atoms with van der Waals surface area (Å²) in [5.41, 5.74) is 0.788. The zero-order chi connectivity index (χ0) is 12.1. The molecule has 1 nitrogen and oxygen atoms in total. The number of hydrogen-bond acceptors (Lipinski definition) is 1. The molecule has 92 valence electrons. The second-order valence-corrected chi connectivity index (χ2v) is 5.18. The third-order valence-corrected chi connectivity index (χ3v) is 3.92. The molecule has 17 heavy (non-hydrogen) atoms. The number of rotatable bonds is 1. The summed E-state index contributed by atoms with van der Waals surface area (Å²) < 4.78 is 37.3. The minimum atomic E-state index is -4.23. The third-order valence-electron chi connectivity index (χ3n) is 3.92. The Morgan fingerprint density at radius 3 is 2.24 bits per heavy atom. The van der Waals surface area contributed by atoms with Gasteiger partial charge in [0.1, 0.15) is 0 Å². The molecule has 1 saturated carbocycles. The van der Waals surface area contributed by atoms with Gasteiger partial charge in [0.05, 0.1) is 5.56 Å². The van der Waals surface area contributed by atoms with Crippen molar-refractivity contribution in [2.45, 2.75) is 36.9 Å². The fourth-order valence-corrected chi connectivity index (χ4v) is 2.67. The highest BCUT2D eigenvalue weighted by molar-refractivity contribution is 5.30. The van der Waals surface area contributed by atoms with Crippen LogP contribution in [0.25, 0.3) is 0 Å². The maximum Gasteiger partial charge on any atom is 0.416 e. The average Bonchev–Trinajstić information content (AvgIpc) is 2.88. The van der Waals surface area contributed by atoms with E-state index in [9.17, 15) is 13.2 Å². The first-order valence-corrected chi connectivity index (χ1v) is 5.91. The van der Waals surface area contributed by atoms with Gasteiger partial charge < -0.3 is 5.32 Å². The van der Waals surface area contributed by atoms with Gasteiger partial charge in [0.2, 0.25) is 0 Å². The van der Waals surface area contributed by atoms with Crippen LogP contribution in [0.1, 0.15) is 36.3 Å². The minimum absolute atomic E-state index is 0.327. The average molecular weight is 241 g/mol. The first-order chi connectivity index (χ1) is 7.99. The predicted octanol–water partition coefficient (Wildman–Crippen LogP) is 3.31. The molecule has 1 atom stereocenters. The Kier molecular flexibility index (Phi) is 2.27. The fraction of sp³-hybridized carbons (Fsp3) is 0.538. The molecule has 0 amide bonds. The zero-order valence-electron chi connectivity index (χ0n) is 9.35. The van der Waals surface area contributed by atoms with Gasteiger partial charge in [0.25, 0.3) is 0 Å². The summed E-state index contributed by atoms with van der Waals surface area (Å²) in [4.78, 5) is 0. The smallest absolute Gasteiger partial charge is 0.311 e. The van der Waals surface area contributed by atoms with Crippen LogP contribution in [0.3, 0.4) is 0 Å². The number of benzene rings is 1. The van der Waals surface area contributed by atoms with E-state index in [1.807, 2.05) is 0 Å². The number of halogens is 3. The van der Waals surface area contributed by atoms with Crippen LogP contribution in [-0.4, -0.2) is 12.1 Å². The van der Waals surface area contributed by atoms with Gasteiger partial charge in [-0.05, 0) is 42.9 Å². The van der Waals surface area contributed by atoms with Gasteiger partial charge >= 0.3 is 6.18 Å². The molecule has 1 aromatic rings. The van der Waals surface area contributed by atoms with Gasteiger partial charge in [-0.25, -0.2) is 0 Å². The van der Waals surface area contributed by atoms with Crippen molar-refractivity contribution in [3.63, 3.8) is 0 Å². The molecule has 0 aromatic heterocycles. The maximum atomic E-state index is 12.4. The normalized spacial score (nSPS) is 26.4. The molecular weight excluding hydrogens is 227 g/mol. The van der Waals surface area contributed by atoms with E-state index in [-0.39, 0.29) is 0 Å². The number of alkyl halides is 3. The fourth-order valence-electron chi connectivity index (χ4n) is 2.67. The Morgan fingerprint density at radius 1 is 1.12 bits per heavy atom. The molecule has 4 heteroatoms. The second-order valence-electron chi connectivity index (χ2n) is 5.18. The molecule has 0 bridgehead atoms. The monoisotopic (exact) mass is 241 g/mol. The van der Waals surface area contributed by atoms with Crippen LogP contribution in [0.2, 0.25) is 0 Å². The van der Waals surface area contributed by atoms with E-state index in [0.29, 0.717) is 11.5 Å². The summed E-state index contributed by atoms with van der Waals surface area (Å²) in [6, 6.07) is 5.62. The van der Waals surface area contributed by atoms with Crippen LogP contribution in [0.5, 0.6) is 0 Å². The SMILES string of the molecule is FC(F)(F)c1ccc(C2CNC3(CC3)C2)cc1. The summed E-state index contributed by atoms with van der Waals surface area (Å²) in [6.45, 7) is 0.894. The summed E-state index contributed by atoms with van der Waals surface area (Å²) in [5.74, 6) is 0.375. The quantitative estimate of drug-likeness (QED) is 0.795. The summed E-state index contributed by atoms with van der Waals surface area (Å²) >= 11 is 0. The Bertz CT molecular complexity index is 417. The highest BCUT2D eigenvalue weighted by Gasteiger charge is 2.48. The topological polar surface area (TPSA) is 12.0 Å². The molecular formula is C13H14F3N. The zero-order valence-corrected chi connectivity index (χ0v) is 9.35. The predicted molar refractivity (Wildman–Crippen MR) is 58.8 cm³/mol. The highest BCUT2D eigenvalue weighted by Crippen LogP contribution is 2.47. The van der Waals surface area contributed by atoms with E-state index in [1.54, 1.807) is 12.1 Å². The van der Waals surface area contributed by atoms with Crippen LogP contribution < -0.4 is 5.32 Å². The van der Waals surface area contributed by atoms with E-state index < -0.39 is 11.7 Å². The Balaban J connectivity index is 1.76. The molecule has 2 fully saturated rings. The number of hydrogen-bond donors (Lipinski definition) is 1. The van der Waals surface area contributed by atoms with E-state index in [0.717, 1.165) is 18.5 Å².